The maximum atomic E-state index is 9.24. The van der Waals surface area contributed by atoms with Crippen molar-refractivity contribution in [2.45, 2.75) is 13.0 Å². The van der Waals surface area contributed by atoms with Crippen LogP contribution in [0.1, 0.15) is 18.9 Å². The zero-order valence-electron chi connectivity index (χ0n) is 9.17. The van der Waals surface area contributed by atoms with Gasteiger partial charge in [0.2, 0.25) is 0 Å². The van der Waals surface area contributed by atoms with E-state index in [2.05, 4.69) is 10.7 Å². The van der Waals surface area contributed by atoms with Gasteiger partial charge >= 0.3 is 5.97 Å². The number of aliphatic carboxylic acids is 1. The first-order valence-corrected chi connectivity index (χ1v) is 4.44. The lowest BCUT2D eigenvalue weighted by atomic mass is 10.4. The average Bonchev–Trinajstić information content (AvgIpc) is 2.64. The van der Waals surface area contributed by atoms with E-state index in [-0.39, 0.29) is 12.6 Å². The van der Waals surface area contributed by atoms with Crippen molar-refractivity contribution >= 4 is 5.97 Å². The summed E-state index contributed by atoms with van der Waals surface area (Å²) < 4.78 is 7.04. The zero-order chi connectivity index (χ0) is 11.8. The first-order chi connectivity index (χ1) is 7.02. The van der Waals surface area contributed by atoms with Gasteiger partial charge in [0.05, 0.1) is 6.54 Å². The van der Waals surface area contributed by atoms with Gasteiger partial charge in [-0.1, -0.05) is 0 Å². The molecular formula is C9H17N3O3. The molecule has 1 atom stereocenters. The standard InChI is InChI=1S/C7H12N2O.C2H5NO2/c1-6(10-3)7-8-4-5-9(7)2;3-1-2(4)5/h4-6H,1-3H3;1,3H2,(H,4,5). The van der Waals surface area contributed by atoms with Crippen molar-refractivity contribution in [1.82, 2.24) is 9.55 Å². The van der Waals surface area contributed by atoms with E-state index in [4.69, 9.17) is 9.84 Å². The summed E-state index contributed by atoms with van der Waals surface area (Å²) in [5.41, 5.74) is 4.57. The van der Waals surface area contributed by atoms with E-state index >= 15 is 0 Å². The number of imidazole rings is 1. The van der Waals surface area contributed by atoms with Crippen molar-refractivity contribution in [3.8, 4) is 0 Å². The Morgan fingerprint density at radius 2 is 2.33 bits per heavy atom. The van der Waals surface area contributed by atoms with Crippen LogP contribution in [0.3, 0.4) is 0 Å². The van der Waals surface area contributed by atoms with Crippen LogP contribution >= 0.6 is 0 Å². The van der Waals surface area contributed by atoms with Crippen molar-refractivity contribution < 1.29 is 14.6 Å². The highest BCUT2D eigenvalue weighted by Crippen LogP contribution is 2.10. The van der Waals surface area contributed by atoms with Crippen LogP contribution in [0.4, 0.5) is 0 Å². The summed E-state index contributed by atoms with van der Waals surface area (Å²) in [6, 6.07) is 0. The van der Waals surface area contributed by atoms with Crippen LogP contribution < -0.4 is 5.73 Å². The number of methoxy groups -OCH3 is 1. The van der Waals surface area contributed by atoms with Gasteiger partial charge in [0, 0.05) is 26.6 Å². The summed E-state index contributed by atoms with van der Waals surface area (Å²) in [7, 11) is 3.64. The molecule has 0 aliphatic rings. The minimum Gasteiger partial charge on any atom is -0.480 e. The second-order valence-electron chi connectivity index (χ2n) is 2.87. The number of carboxylic acid groups (broad SMARTS) is 1. The molecule has 0 saturated carbocycles. The summed E-state index contributed by atoms with van der Waals surface area (Å²) >= 11 is 0. The van der Waals surface area contributed by atoms with Gasteiger partial charge < -0.3 is 20.1 Å². The number of nitrogens with two attached hydrogens (primary N) is 1. The molecule has 0 amide bonds. The minimum absolute atomic E-state index is 0.0833. The van der Waals surface area contributed by atoms with Crippen LogP contribution in [-0.2, 0) is 16.6 Å². The number of aromatic nitrogens is 2. The summed E-state index contributed by atoms with van der Waals surface area (Å²) in [6.45, 7) is 1.70. The van der Waals surface area contributed by atoms with E-state index in [9.17, 15) is 4.79 Å². The SMILES string of the molecule is COC(C)c1nccn1C.NCC(=O)O. The smallest absolute Gasteiger partial charge is 0.317 e. The highest BCUT2D eigenvalue weighted by Gasteiger charge is 2.06. The predicted octanol–water partition coefficient (Wildman–Crippen LogP) is 0.157. The molecule has 1 aromatic rings. The van der Waals surface area contributed by atoms with Crippen molar-refractivity contribution in [3.63, 3.8) is 0 Å². The Hall–Kier alpha value is -1.40. The molecule has 6 nitrogen and oxygen atoms in total. The molecule has 1 heterocycles. The number of nitrogens with zero attached hydrogens (tertiary/aromatic N) is 2. The molecule has 1 aromatic heterocycles. The Bertz CT molecular complexity index is 299. The molecule has 0 fully saturated rings. The molecule has 0 bridgehead atoms. The zero-order valence-corrected chi connectivity index (χ0v) is 9.17. The molecule has 0 aliphatic carbocycles. The van der Waals surface area contributed by atoms with Gasteiger partial charge in [-0.3, -0.25) is 4.79 Å². The van der Waals surface area contributed by atoms with Crippen LogP contribution in [0.2, 0.25) is 0 Å². The first kappa shape index (κ1) is 13.6. The minimum atomic E-state index is -0.968. The number of carbonyl (C=O) groups is 1. The van der Waals surface area contributed by atoms with Gasteiger partial charge in [-0.2, -0.15) is 0 Å². The van der Waals surface area contributed by atoms with Crippen LogP contribution in [-0.4, -0.2) is 34.3 Å². The Labute approximate surface area is 88.7 Å². The largest absolute Gasteiger partial charge is 0.480 e. The topological polar surface area (TPSA) is 90.4 Å². The Morgan fingerprint density at radius 1 is 1.80 bits per heavy atom. The third-order valence-electron chi connectivity index (χ3n) is 1.75. The van der Waals surface area contributed by atoms with Crippen molar-refractivity contribution in [3.05, 3.63) is 18.2 Å². The van der Waals surface area contributed by atoms with Crippen LogP contribution in [0.15, 0.2) is 12.4 Å². The van der Waals surface area contributed by atoms with Gasteiger partial charge in [-0.25, -0.2) is 4.98 Å². The lowest BCUT2D eigenvalue weighted by Gasteiger charge is -2.07. The highest BCUT2D eigenvalue weighted by atomic mass is 16.5. The van der Waals surface area contributed by atoms with Gasteiger partial charge in [0.1, 0.15) is 11.9 Å². The van der Waals surface area contributed by atoms with E-state index in [1.807, 2.05) is 24.7 Å². The average molecular weight is 215 g/mol. The fourth-order valence-electron chi connectivity index (χ4n) is 0.874. The summed E-state index contributed by atoms with van der Waals surface area (Å²) in [6.07, 6.45) is 3.76. The normalized spacial score (nSPS) is 11.5. The quantitative estimate of drug-likeness (QED) is 0.749. The van der Waals surface area contributed by atoms with E-state index in [0.29, 0.717) is 0 Å². The molecule has 0 aromatic carbocycles. The second kappa shape index (κ2) is 6.97. The second-order valence-corrected chi connectivity index (χ2v) is 2.87. The van der Waals surface area contributed by atoms with Gasteiger partial charge in [-0.15, -0.1) is 0 Å². The summed E-state index contributed by atoms with van der Waals surface area (Å²) in [5, 5.41) is 7.60. The van der Waals surface area contributed by atoms with Gasteiger partial charge in [-0.05, 0) is 6.92 Å². The van der Waals surface area contributed by atoms with Crippen LogP contribution in [0.25, 0.3) is 0 Å². The van der Waals surface area contributed by atoms with E-state index in [1.54, 1.807) is 13.3 Å². The van der Waals surface area contributed by atoms with E-state index in [1.165, 1.54) is 0 Å². The highest BCUT2D eigenvalue weighted by molar-refractivity contribution is 5.68. The van der Waals surface area contributed by atoms with E-state index < -0.39 is 5.97 Å². The molecule has 0 aliphatic heterocycles. The van der Waals surface area contributed by atoms with Crippen LogP contribution in [0.5, 0.6) is 0 Å². The molecule has 0 saturated heterocycles. The third-order valence-corrected chi connectivity index (χ3v) is 1.75. The van der Waals surface area contributed by atoms with Crippen LogP contribution in [0, 0.1) is 0 Å². The van der Waals surface area contributed by atoms with Gasteiger partial charge in [0.25, 0.3) is 0 Å². The Morgan fingerprint density at radius 3 is 2.60 bits per heavy atom. The number of rotatable bonds is 3. The Balaban J connectivity index is 0.000000336. The number of ether oxygens (including phenoxy) is 1. The number of carboxylic acids is 1. The number of aryl methyl sites for hydroxylation is 1. The fourth-order valence-corrected chi connectivity index (χ4v) is 0.874. The fraction of sp³-hybridized carbons (Fsp3) is 0.556. The number of hydrogen-bond acceptors (Lipinski definition) is 4. The molecule has 15 heavy (non-hydrogen) atoms. The Kier molecular flexibility index (Phi) is 6.32. The maximum Gasteiger partial charge on any atom is 0.317 e. The molecule has 86 valence electrons. The monoisotopic (exact) mass is 215 g/mol. The van der Waals surface area contributed by atoms with Crippen molar-refractivity contribution in [1.29, 1.82) is 0 Å². The summed E-state index contributed by atoms with van der Waals surface area (Å²) in [4.78, 5) is 13.4. The molecule has 1 unspecified atom stereocenters. The lowest BCUT2D eigenvalue weighted by molar-refractivity contribution is -0.135. The predicted molar refractivity (Wildman–Crippen MR) is 55.3 cm³/mol. The molecule has 3 N–H and O–H groups in total. The van der Waals surface area contributed by atoms with Crippen molar-refractivity contribution in [2.24, 2.45) is 12.8 Å². The molecule has 0 radical (unpaired) electrons. The first-order valence-electron chi connectivity index (χ1n) is 4.44. The lowest BCUT2D eigenvalue weighted by Crippen LogP contribution is -2.10. The summed E-state index contributed by atoms with van der Waals surface area (Å²) in [5.74, 6) is -0.00694. The molecular weight excluding hydrogens is 198 g/mol. The van der Waals surface area contributed by atoms with E-state index in [0.717, 1.165) is 5.82 Å². The van der Waals surface area contributed by atoms with Gasteiger partial charge in [0.15, 0.2) is 0 Å². The number of hydrogen-bond donors (Lipinski definition) is 2. The van der Waals surface area contributed by atoms with Crippen molar-refractivity contribution in [2.75, 3.05) is 13.7 Å². The molecule has 1 rings (SSSR count). The molecule has 6 heteroatoms. The molecule has 0 spiro atoms. The third kappa shape index (κ3) is 5.14. The maximum absolute atomic E-state index is 9.24.